The number of nitrogens with zero attached hydrogens (tertiary/aromatic N) is 2. The van der Waals surface area contributed by atoms with Crippen LogP contribution in [0.1, 0.15) is 51.4 Å². The summed E-state index contributed by atoms with van der Waals surface area (Å²) >= 11 is 0. The van der Waals surface area contributed by atoms with Crippen LogP contribution in [0.2, 0.25) is 0 Å². The SMILES string of the molecule is N#C[C@@H]1C[C@@H]2C[C@@H]2N1C(=O)[C@H](NC(=O)C(F)(F)F)C12CC3CC(CC(OC(=O)C(F)(F)F)(C3)C1)C2. The number of esters is 1. The minimum absolute atomic E-state index is 0.0676. The fraction of sp³-hybridized carbons (Fsp3) is 0.818. The number of nitrogens with one attached hydrogen (secondary N) is 1. The molecular formula is C22H23F6N3O4. The molecule has 6 rings (SSSR count). The molecule has 0 aromatic rings. The van der Waals surface area contributed by atoms with Crippen LogP contribution in [0.4, 0.5) is 26.3 Å². The van der Waals surface area contributed by atoms with E-state index in [2.05, 4.69) is 0 Å². The molecule has 1 N–H and O–H groups in total. The van der Waals surface area contributed by atoms with Gasteiger partial charge in [-0.2, -0.15) is 31.6 Å². The van der Waals surface area contributed by atoms with Crippen molar-refractivity contribution in [2.24, 2.45) is 23.2 Å². The number of ether oxygens (including phenoxy) is 1. The van der Waals surface area contributed by atoms with E-state index in [1.807, 2.05) is 11.4 Å². The van der Waals surface area contributed by atoms with Crippen LogP contribution in [0.15, 0.2) is 0 Å². The molecule has 5 aliphatic carbocycles. The average molecular weight is 507 g/mol. The highest BCUT2D eigenvalue weighted by molar-refractivity contribution is 5.91. The smallest absolute Gasteiger partial charge is 0.452 e. The minimum Gasteiger partial charge on any atom is -0.452 e. The first kappa shape index (κ1) is 24.2. The molecule has 192 valence electrons. The van der Waals surface area contributed by atoms with Crippen molar-refractivity contribution in [2.75, 3.05) is 0 Å². The zero-order valence-electron chi connectivity index (χ0n) is 18.4. The van der Waals surface area contributed by atoms with Gasteiger partial charge in [-0.05, 0) is 69.1 Å². The number of rotatable bonds is 4. The van der Waals surface area contributed by atoms with E-state index in [1.54, 1.807) is 0 Å². The third-order valence-electron chi connectivity index (χ3n) is 8.49. The van der Waals surface area contributed by atoms with Gasteiger partial charge in [-0.1, -0.05) is 0 Å². The zero-order valence-corrected chi connectivity index (χ0v) is 18.4. The molecule has 5 saturated carbocycles. The molecule has 35 heavy (non-hydrogen) atoms. The molecule has 0 aromatic heterocycles. The molecule has 0 aromatic carbocycles. The van der Waals surface area contributed by atoms with Crippen LogP contribution in [0, 0.1) is 34.5 Å². The standard InChI is InChI=1S/C22H23F6N3O4/c23-21(24,25)17(33)30-15(16(32)31-13(8-29)2-12-3-14(12)31)19-4-10-1-11(5-19)7-20(6-10,9-19)35-18(34)22(26,27)28/h10-15H,1-7,9H2,(H,30,33)/t10?,11?,12-,13+,14+,15+,19?,20?/m1/s1. The number of nitriles is 1. The van der Waals surface area contributed by atoms with E-state index in [4.69, 9.17) is 4.74 Å². The summed E-state index contributed by atoms with van der Waals surface area (Å²) in [5.74, 6) is -5.99. The zero-order chi connectivity index (χ0) is 25.6. The van der Waals surface area contributed by atoms with Crippen molar-refractivity contribution in [3.8, 4) is 6.07 Å². The Morgan fingerprint density at radius 3 is 2.14 bits per heavy atom. The number of hydrogen-bond donors (Lipinski definition) is 1. The van der Waals surface area contributed by atoms with Gasteiger partial charge in [0, 0.05) is 11.5 Å². The van der Waals surface area contributed by atoms with Gasteiger partial charge in [0.05, 0.1) is 6.07 Å². The predicted molar refractivity (Wildman–Crippen MR) is 103 cm³/mol. The lowest BCUT2D eigenvalue weighted by molar-refractivity contribution is -0.241. The molecule has 7 nitrogen and oxygen atoms in total. The highest BCUT2D eigenvalue weighted by Gasteiger charge is 2.66. The Morgan fingerprint density at radius 1 is 0.971 bits per heavy atom. The number of piperidine rings is 1. The summed E-state index contributed by atoms with van der Waals surface area (Å²) in [6.45, 7) is 0. The lowest BCUT2D eigenvalue weighted by atomic mass is 9.46. The molecule has 1 heterocycles. The average Bonchev–Trinajstić information content (AvgIpc) is 3.38. The number of alkyl halides is 6. The van der Waals surface area contributed by atoms with E-state index < -0.39 is 53.2 Å². The van der Waals surface area contributed by atoms with Gasteiger partial charge in [-0.15, -0.1) is 0 Å². The van der Waals surface area contributed by atoms with Crippen LogP contribution >= 0.6 is 0 Å². The van der Waals surface area contributed by atoms with E-state index >= 15 is 0 Å². The number of carbonyl (C=O) groups excluding carboxylic acids is 3. The van der Waals surface area contributed by atoms with Gasteiger partial charge in [-0.25, -0.2) is 4.79 Å². The highest BCUT2D eigenvalue weighted by Crippen LogP contribution is 2.64. The summed E-state index contributed by atoms with van der Waals surface area (Å²) in [5.41, 5.74) is -2.89. The molecule has 13 heteroatoms. The Hall–Kier alpha value is -2.52. The highest BCUT2D eigenvalue weighted by atomic mass is 19.4. The van der Waals surface area contributed by atoms with Crippen molar-refractivity contribution in [3.63, 3.8) is 0 Å². The third-order valence-corrected chi connectivity index (χ3v) is 8.49. The van der Waals surface area contributed by atoms with Crippen molar-refractivity contribution < 1.29 is 45.5 Å². The van der Waals surface area contributed by atoms with Crippen molar-refractivity contribution >= 4 is 17.8 Å². The number of amides is 2. The molecule has 1 aliphatic heterocycles. The molecule has 0 spiro atoms. The Morgan fingerprint density at radius 2 is 1.60 bits per heavy atom. The molecule has 6 aliphatic rings. The van der Waals surface area contributed by atoms with Gasteiger partial charge in [0.15, 0.2) is 0 Å². The molecule has 6 fully saturated rings. The fourth-order valence-electron chi connectivity index (χ4n) is 7.69. The summed E-state index contributed by atoms with van der Waals surface area (Å²) in [6.07, 6.45) is -8.54. The number of hydrogen-bond acceptors (Lipinski definition) is 5. The molecule has 1 saturated heterocycles. The van der Waals surface area contributed by atoms with Crippen LogP contribution < -0.4 is 5.32 Å². The van der Waals surface area contributed by atoms with Gasteiger partial charge in [0.2, 0.25) is 5.91 Å². The van der Waals surface area contributed by atoms with Crippen molar-refractivity contribution in [3.05, 3.63) is 0 Å². The quantitative estimate of drug-likeness (QED) is 0.466. The van der Waals surface area contributed by atoms with Crippen LogP contribution in [-0.4, -0.2) is 58.8 Å². The minimum atomic E-state index is -5.29. The number of likely N-dealkylation sites (tertiary alicyclic amines) is 1. The summed E-state index contributed by atoms with van der Waals surface area (Å²) in [7, 11) is 0. The summed E-state index contributed by atoms with van der Waals surface area (Å²) < 4.78 is 83.7. The van der Waals surface area contributed by atoms with Gasteiger partial charge >= 0.3 is 24.2 Å². The molecule has 6 atom stereocenters. The molecule has 4 bridgehead atoms. The lowest BCUT2D eigenvalue weighted by Gasteiger charge is -2.63. The Kier molecular flexibility index (Phi) is 5.18. The largest absolute Gasteiger partial charge is 0.490 e. The molecule has 0 radical (unpaired) electrons. The predicted octanol–water partition coefficient (Wildman–Crippen LogP) is 2.99. The second-order valence-electron chi connectivity index (χ2n) is 11.0. The van der Waals surface area contributed by atoms with Crippen LogP contribution in [0.25, 0.3) is 0 Å². The maximum absolute atomic E-state index is 13.7. The summed E-state index contributed by atoms with van der Waals surface area (Å²) in [5, 5.41) is 11.3. The van der Waals surface area contributed by atoms with Crippen molar-refractivity contribution in [1.82, 2.24) is 10.2 Å². The van der Waals surface area contributed by atoms with E-state index in [0.29, 0.717) is 19.3 Å². The molecule has 2 unspecified atom stereocenters. The Balaban J connectivity index is 1.50. The molecular weight excluding hydrogens is 484 g/mol. The van der Waals surface area contributed by atoms with Gasteiger partial charge in [-0.3, -0.25) is 9.59 Å². The van der Waals surface area contributed by atoms with Crippen LogP contribution in [0.5, 0.6) is 0 Å². The summed E-state index contributed by atoms with van der Waals surface area (Å²) in [4.78, 5) is 38.7. The van der Waals surface area contributed by atoms with E-state index in [-0.39, 0.29) is 55.9 Å². The first-order valence-corrected chi connectivity index (χ1v) is 11.6. The van der Waals surface area contributed by atoms with Crippen LogP contribution in [-0.2, 0) is 19.1 Å². The summed E-state index contributed by atoms with van der Waals surface area (Å²) in [6, 6.07) is -0.846. The van der Waals surface area contributed by atoms with Gasteiger partial charge in [0.25, 0.3) is 0 Å². The Bertz CT molecular complexity index is 991. The number of carbonyl (C=O) groups is 3. The van der Waals surface area contributed by atoms with E-state index in [1.165, 1.54) is 4.90 Å². The number of fused-ring (bicyclic) bond motifs is 1. The normalized spacial score (nSPS) is 40.0. The number of halogens is 6. The van der Waals surface area contributed by atoms with Gasteiger partial charge < -0.3 is 15.0 Å². The molecule has 2 amide bonds. The first-order valence-electron chi connectivity index (χ1n) is 11.6. The maximum Gasteiger partial charge on any atom is 0.490 e. The maximum atomic E-state index is 13.7. The van der Waals surface area contributed by atoms with E-state index in [0.717, 1.165) is 0 Å². The lowest BCUT2D eigenvalue weighted by Crippen LogP contribution is -2.68. The Labute approximate surface area is 196 Å². The third kappa shape index (κ3) is 4.02. The first-order chi connectivity index (χ1) is 16.2. The monoisotopic (exact) mass is 507 g/mol. The van der Waals surface area contributed by atoms with Crippen molar-refractivity contribution in [1.29, 1.82) is 5.26 Å². The van der Waals surface area contributed by atoms with Crippen LogP contribution in [0.3, 0.4) is 0 Å². The second kappa shape index (κ2) is 7.49. The van der Waals surface area contributed by atoms with E-state index in [9.17, 15) is 46.0 Å². The van der Waals surface area contributed by atoms with Crippen molar-refractivity contribution in [2.45, 2.75) is 87.4 Å². The second-order valence-corrected chi connectivity index (χ2v) is 11.0. The van der Waals surface area contributed by atoms with Gasteiger partial charge in [0.1, 0.15) is 17.7 Å². The fourth-order valence-corrected chi connectivity index (χ4v) is 7.69. The topological polar surface area (TPSA) is 99.5 Å².